The van der Waals surface area contributed by atoms with Crippen LogP contribution in [0, 0.1) is 11.3 Å². The summed E-state index contributed by atoms with van der Waals surface area (Å²) < 4.78 is 14.6. The van der Waals surface area contributed by atoms with Crippen LogP contribution in [0.5, 0.6) is 0 Å². The number of alkyl halides is 1. The van der Waals surface area contributed by atoms with Crippen LogP contribution in [-0.4, -0.2) is 36.7 Å². The second-order valence-corrected chi connectivity index (χ2v) is 7.01. The number of nitrogens with zero attached hydrogens (tertiary/aromatic N) is 2. The Morgan fingerprint density at radius 2 is 2.17 bits per heavy atom. The summed E-state index contributed by atoms with van der Waals surface area (Å²) in [5, 5.41) is 12.0. The molecule has 3 nitrogen and oxygen atoms in total. The predicted molar refractivity (Wildman–Crippen MR) is 95.1 cm³/mol. The van der Waals surface area contributed by atoms with E-state index in [1.165, 1.54) is 36.0 Å². The Morgan fingerprint density at radius 3 is 2.75 bits per heavy atom. The first kappa shape index (κ1) is 17.1. The van der Waals surface area contributed by atoms with Crippen LogP contribution >= 0.6 is 0 Å². The SMILES string of the molecule is CNC1(CC#N)CCN(Cc2ccc(C3=CCCC3)cc2)CC1F. The highest BCUT2D eigenvalue weighted by atomic mass is 19.1. The monoisotopic (exact) mass is 327 g/mol. The molecule has 0 saturated carbocycles. The average Bonchev–Trinajstić information content (AvgIpc) is 3.13. The second kappa shape index (κ2) is 7.46. The van der Waals surface area contributed by atoms with E-state index in [0.717, 1.165) is 13.1 Å². The minimum atomic E-state index is -1.01. The van der Waals surface area contributed by atoms with Gasteiger partial charge in [-0.15, -0.1) is 0 Å². The standard InChI is InChI=1S/C20H26FN3/c1-23-20(10-12-22)11-13-24(15-19(20)21)14-16-6-8-18(9-7-16)17-4-2-3-5-17/h4,6-9,19,23H,2-3,5,10-11,13-15H2,1H3. The van der Waals surface area contributed by atoms with E-state index in [1.807, 2.05) is 0 Å². The van der Waals surface area contributed by atoms with Crippen LogP contribution < -0.4 is 5.32 Å². The van der Waals surface area contributed by atoms with Crippen molar-refractivity contribution >= 4 is 5.57 Å². The molecular formula is C20H26FN3. The third-order valence-corrected chi connectivity index (χ3v) is 5.56. The molecule has 1 aliphatic heterocycles. The lowest BCUT2D eigenvalue weighted by molar-refractivity contribution is 0.0430. The van der Waals surface area contributed by atoms with E-state index < -0.39 is 11.7 Å². The molecule has 0 amide bonds. The van der Waals surface area contributed by atoms with E-state index in [9.17, 15) is 4.39 Å². The van der Waals surface area contributed by atoms with Crippen LogP contribution in [0.15, 0.2) is 30.3 Å². The topological polar surface area (TPSA) is 39.1 Å². The van der Waals surface area contributed by atoms with Gasteiger partial charge in [0.05, 0.1) is 18.0 Å². The molecule has 128 valence electrons. The van der Waals surface area contributed by atoms with Crippen molar-refractivity contribution in [3.63, 3.8) is 0 Å². The van der Waals surface area contributed by atoms with E-state index in [0.29, 0.717) is 13.0 Å². The van der Waals surface area contributed by atoms with Gasteiger partial charge in [-0.2, -0.15) is 5.26 Å². The van der Waals surface area contributed by atoms with Gasteiger partial charge in [0, 0.05) is 19.6 Å². The van der Waals surface area contributed by atoms with Crippen molar-refractivity contribution < 1.29 is 4.39 Å². The van der Waals surface area contributed by atoms with Crippen molar-refractivity contribution in [2.24, 2.45) is 0 Å². The summed E-state index contributed by atoms with van der Waals surface area (Å²) in [4.78, 5) is 2.15. The summed E-state index contributed by atoms with van der Waals surface area (Å²) in [6, 6.07) is 10.8. The summed E-state index contributed by atoms with van der Waals surface area (Å²) in [6.45, 7) is 1.97. The first-order valence-corrected chi connectivity index (χ1v) is 8.87. The third-order valence-electron chi connectivity index (χ3n) is 5.56. The number of nitrogens with one attached hydrogen (secondary N) is 1. The molecular weight excluding hydrogens is 301 g/mol. The molecule has 2 unspecified atom stereocenters. The molecule has 0 aromatic heterocycles. The second-order valence-electron chi connectivity index (χ2n) is 7.01. The van der Waals surface area contributed by atoms with Gasteiger partial charge in [0.15, 0.2) is 0 Å². The fourth-order valence-corrected chi connectivity index (χ4v) is 3.88. The van der Waals surface area contributed by atoms with Gasteiger partial charge in [-0.25, -0.2) is 4.39 Å². The lowest BCUT2D eigenvalue weighted by Gasteiger charge is -2.43. The number of rotatable bonds is 5. The van der Waals surface area contributed by atoms with Crippen LogP contribution in [0.25, 0.3) is 5.57 Å². The lowest BCUT2D eigenvalue weighted by atomic mass is 9.83. The number of likely N-dealkylation sites (tertiary alicyclic amines) is 1. The van der Waals surface area contributed by atoms with Gasteiger partial charge in [0.25, 0.3) is 0 Å². The predicted octanol–water partition coefficient (Wildman–Crippen LogP) is 3.67. The number of allylic oxidation sites excluding steroid dienone is 2. The van der Waals surface area contributed by atoms with Crippen molar-refractivity contribution in [2.45, 2.75) is 50.4 Å². The zero-order chi connectivity index (χ0) is 17.0. The van der Waals surface area contributed by atoms with Gasteiger partial charge < -0.3 is 5.32 Å². The number of halogens is 1. The summed E-state index contributed by atoms with van der Waals surface area (Å²) in [5.41, 5.74) is 3.33. The Balaban J connectivity index is 1.60. The Hall–Kier alpha value is -1.70. The molecule has 1 saturated heterocycles. The van der Waals surface area contributed by atoms with Crippen molar-refractivity contribution in [1.82, 2.24) is 10.2 Å². The van der Waals surface area contributed by atoms with Crippen LogP contribution in [-0.2, 0) is 6.54 Å². The molecule has 1 fully saturated rings. The lowest BCUT2D eigenvalue weighted by Crippen LogP contribution is -2.59. The molecule has 0 bridgehead atoms. The normalized spacial score (nSPS) is 27.7. The largest absolute Gasteiger partial charge is 0.311 e. The van der Waals surface area contributed by atoms with Gasteiger partial charge in [-0.1, -0.05) is 30.3 Å². The van der Waals surface area contributed by atoms with Gasteiger partial charge in [-0.3, -0.25) is 4.90 Å². The highest BCUT2D eigenvalue weighted by Gasteiger charge is 2.42. The zero-order valence-electron chi connectivity index (χ0n) is 14.4. The molecule has 2 aliphatic rings. The molecule has 0 radical (unpaired) electrons. The van der Waals surface area contributed by atoms with E-state index in [1.54, 1.807) is 7.05 Å². The first-order valence-electron chi connectivity index (χ1n) is 8.87. The van der Waals surface area contributed by atoms with Crippen LogP contribution in [0.1, 0.15) is 43.2 Å². The minimum absolute atomic E-state index is 0.225. The minimum Gasteiger partial charge on any atom is -0.311 e. The summed E-state index contributed by atoms with van der Waals surface area (Å²) in [6.07, 6.45) is 5.85. The Labute approximate surface area is 144 Å². The van der Waals surface area contributed by atoms with E-state index in [4.69, 9.17) is 5.26 Å². The fraction of sp³-hybridized carbons (Fsp3) is 0.550. The highest BCUT2D eigenvalue weighted by Crippen LogP contribution is 2.30. The molecule has 3 rings (SSSR count). The van der Waals surface area contributed by atoms with Crippen LogP contribution in [0.3, 0.4) is 0 Å². The molecule has 2 atom stereocenters. The maximum absolute atomic E-state index is 14.6. The van der Waals surface area contributed by atoms with Crippen molar-refractivity contribution in [2.75, 3.05) is 20.1 Å². The molecule has 24 heavy (non-hydrogen) atoms. The number of hydrogen-bond acceptors (Lipinski definition) is 3. The summed E-state index contributed by atoms with van der Waals surface area (Å²) in [5.74, 6) is 0. The number of nitriles is 1. The van der Waals surface area contributed by atoms with Crippen LogP contribution in [0.2, 0.25) is 0 Å². The van der Waals surface area contributed by atoms with Crippen molar-refractivity contribution in [1.29, 1.82) is 5.26 Å². The maximum atomic E-state index is 14.6. The van der Waals surface area contributed by atoms with Crippen molar-refractivity contribution in [3.05, 3.63) is 41.5 Å². The van der Waals surface area contributed by atoms with Gasteiger partial charge >= 0.3 is 0 Å². The molecule has 0 spiro atoms. The van der Waals surface area contributed by atoms with E-state index in [2.05, 4.69) is 46.6 Å². The zero-order valence-corrected chi connectivity index (χ0v) is 14.4. The highest BCUT2D eigenvalue weighted by molar-refractivity contribution is 5.67. The number of benzene rings is 1. The first-order chi connectivity index (χ1) is 11.7. The third kappa shape index (κ3) is 3.53. The molecule has 1 aliphatic carbocycles. The Bertz CT molecular complexity index is 631. The number of piperidine rings is 1. The molecule has 1 heterocycles. The maximum Gasteiger partial charge on any atom is 0.132 e. The van der Waals surface area contributed by atoms with Gasteiger partial charge in [-0.05, 0) is 49.4 Å². The Kier molecular flexibility index (Phi) is 5.33. The summed E-state index contributed by atoms with van der Waals surface area (Å²) in [7, 11) is 1.76. The average molecular weight is 327 g/mol. The molecule has 1 aromatic carbocycles. The molecule has 4 heteroatoms. The molecule has 1 N–H and O–H groups in total. The smallest absolute Gasteiger partial charge is 0.132 e. The van der Waals surface area contributed by atoms with E-state index in [-0.39, 0.29) is 6.42 Å². The fourth-order valence-electron chi connectivity index (χ4n) is 3.88. The number of hydrogen-bond donors (Lipinski definition) is 1. The van der Waals surface area contributed by atoms with Crippen molar-refractivity contribution in [3.8, 4) is 6.07 Å². The van der Waals surface area contributed by atoms with Crippen LogP contribution in [0.4, 0.5) is 4.39 Å². The van der Waals surface area contributed by atoms with Gasteiger partial charge in [0.2, 0.25) is 0 Å². The van der Waals surface area contributed by atoms with Gasteiger partial charge in [0.1, 0.15) is 6.17 Å². The van der Waals surface area contributed by atoms with E-state index >= 15 is 0 Å². The molecule has 1 aromatic rings. The quantitative estimate of drug-likeness (QED) is 0.897. The summed E-state index contributed by atoms with van der Waals surface area (Å²) >= 11 is 0. The Morgan fingerprint density at radius 1 is 1.38 bits per heavy atom.